The van der Waals surface area contributed by atoms with E-state index < -0.39 is 0 Å². The van der Waals surface area contributed by atoms with Crippen molar-refractivity contribution in [2.75, 3.05) is 26.1 Å². The van der Waals surface area contributed by atoms with Crippen LogP contribution in [0.2, 0.25) is 0 Å². The number of aliphatic imine (C=N–C) groups is 1. The minimum atomic E-state index is 0.440. The molecule has 2 aromatic rings. The van der Waals surface area contributed by atoms with E-state index >= 15 is 0 Å². The third-order valence-corrected chi connectivity index (χ3v) is 4.13. The van der Waals surface area contributed by atoms with Gasteiger partial charge in [-0.2, -0.15) is 0 Å². The maximum atomic E-state index is 5.96. The molecule has 5 nitrogen and oxygen atoms in total. The van der Waals surface area contributed by atoms with Gasteiger partial charge in [0.15, 0.2) is 17.5 Å². The summed E-state index contributed by atoms with van der Waals surface area (Å²) in [4.78, 5) is 4.39. The largest absolute Gasteiger partial charge is 0.493 e. The van der Waals surface area contributed by atoms with Crippen LogP contribution in [0.15, 0.2) is 41.4 Å². The third kappa shape index (κ3) is 5.41. The molecule has 0 bridgehead atoms. The van der Waals surface area contributed by atoms with Crippen LogP contribution in [-0.2, 0) is 6.42 Å². The van der Waals surface area contributed by atoms with Crippen molar-refractivity contribution in [3.63, 3.8) is 0 Å². The number of nitrogens with two attached hydrogens (primary N) is 1. The average molecular weight is 341 g/mol. The Hall–Kier alpha value is -2.69. The van der Waals surface area contributed by atoms with Crippen LogP contribution in [-0.4, -0.2) is 26.7 Å². The van der Waals surface area contributed by atoms with Crippen molar-refractivity contribution in [2.45, 2.75) is 26.7 Å². The molecule has 134 valence electrons. The van der Waals surface area contributed by atoms with E-state index in [0.29, 0.717) is 12.5 Å². The molecule has 0 aromatic heterocycles. The van der Waals surface area contributed by atoms with Gasteiger partial charge in [0.2, 0.25) is 0 Å². The third-order valence-electron chi connectivity index (χ3n) is 4.13. The normalized spacial score (nSPS) is 11.3. The maximum Gasteiger partial charge on any atom is 0.193 e. The number of anilines is 1. The fourth-order valence-electron chi connectivity index (χ4n) is 2.53. The van der Waals surface area contributed by atoms with Crippen molar-refractivity contribution < 1.29 is 9.47 Å². The number of rotatable bonds is 7. The predicted octanol–water partition coefficient (Wildman–Crippen LogP) is 3.68. The molecule has 5 heteroatoms. The molecule has 0 spiro atoms. The lowest BCUT2D eigenvalue weighted by atomic mass is 10.1. The van der Waals surface area contributed by atoms with E-state index in [4.69, 9.17) is 15.2 Å². The number of hydrogen-bond donors (Lipinski definition) is 2. The Kier molecular flexibility index (Phi) is 6.69. The number of nitrogens with zero attached hydrogens (tertiary/aromatic N) is 1. The quantitative estimate of drug-likeness (QED) is 0.458. The highest BCUT2D eigenvalue weighted by Crippen LogP contribution is 2.27. The van der Waals surface area contributed by atoms with Crippen molar-refractivity contribution in [3.8, 4) is 11.5 Å². The summed E-state index contributed by atoms with van der Waals surface area (Å²) in [6.45, 7) is 4.83. The zero-order valence-corrected chi connectivity index (χ0v) is 15.4. The second-order valence-corrected chi connectivity index (χ2v) is 5.98. The summed E-state index contributed by atoms with van der Waals surface area (Å²) < 4.78 is 10.6. The Morgan fingerprint density at radius 3 is 2.44 bits per heavy atom. The lowest BCUT2D eigenvalue weighted by molar-refractivity contribution is 0.354. The Labute approximate surface area is 149 Å². The van der Waals surface area contributed by atoms with E-state index in [1.165, 1.54) is 16.7 Å². The Morgan fingerprint density at radius 1 is 1.00 bits per heavy atom. The summed E-state index contributed by atoms with van der Waals surface area (Å²) in [6.07, 6.45) is 1.81. The number of methoxy groups -OCH3 is 2. The van der Waals surface area contributed by atoms with Gasteiger partial charge in [-0.05, 0) is 67.6 Å². The Bertz CT molecular complexity index is 742. The number of ether oxygens (including phenoxy) is 2. The average Bonchev–Trinajstić information content (AvgIpc) is 2.61. The standard InChI is InChI=1S/C20H27N3O2/c1-14-7-9-17(12-15(14)2)23-20(21)22-11-5-6-16-8-10-18(24-3)19(13-16)25-4/h7-10,12-13H,5-6,11H2,1-4H3,(H3,21,22,23). The van der Waals surface area contributed by atoms with Gasteiger partial charge in [-0.1, -0.05) is 12.1 Å². The molecule has 3 N–H and O–H groups in total. The SMILES string of the molecule is COc1ccc(CCCN=C(N)Nc2ccc(C)c(C)c2)cc1OC. The van der Waals surface area contributed by atoms with Gasteiger partial charge in [0, 0.05) is 12.2 Å². The van der Waals surface area contributed by atoms with Crippen LogP contribution >= 0.6 is 0 Å². The Morgan fingerprint density at radius 2 is 1.76 bits per heavy atom. The molecule has 0 saturated carbocycles. The molecular formula is C20H27N3O2. The molecule has 2 rings (SSSR count). The highest BCUT2D eigenvalue weighted by atomic mass is 16.5. The van der Waals surface area contributed by atoms with E-state index in [0.717, 1.165) is 30.0 Å². The van der Waals surface area contributed by atoms with Gasteiger partial charge in [-0.15, -0.1) is 0 Å². The first-order valence-electron chi connectivity index (χ1n) is 8.38. The van der Waals surface area contributed by atoms with Crippen LogP contribution in [0, 0.1) is 13.8 Å². The zero-order valence-electron chi connectivity index (χ0n) is 15.4. The zero-order chi connectivity index (χ0) is 18.2. The first-order valence-corrected chi connectivity index (χ1v) is 8.38. The highest BCUT2D eigenvalue weighted by molar-refractivity contribution is 5.92. The van der Waals surface area contributed by atoms with Crippen LogP contribution in [0.25, 0.3) is 0 Å². The minimum Gasteiger partial charge on any atom is -0.493 e. The monoisotopic (exact) mass is 341 g/mol. The summed E-state index contributed by atoms with van der Waals surface area (Å²) in [7, 11) is 3.28. The molecule has 0 unspecified atom stereocenters. The topological polar surface area (TPSA) is 68.9 Å². The van der Waals surface area contributed by atoms with E-state index in [2.05, 4.69) is 36.3 Å². The highest BCUT2D eigenvalue weighted by Gasteiger charge is 2.04. The fraction of sp³-hybridized carbons (Fsp3) is 0.350. The number of nitrogens with one attached hydrogen (secondary N) is 1. The number of benzene rings is 2. The minimum absolute atomic E-state index is 0.440. The maximum absolute atomic E-state index is 5.96. The fourth-order valence-corrected chi connectivity index (χ4v) is 2.53. The molecule has 0 fully saturated rings. The summed E-state index contributed by atoms with van der Waals surface area (Å²) in [6, 6.07) is 12.1. The van der Waals surface area contributed by atoms with Gasteiger partial charge in [0.25, 0.3) is 0 Å². The molecule has 0 aliphatic rings. The first-order chi connectivity index (χ1) is 12.0. The van der Waals surface area contributed by atoms with Gasteiger partial charge in [0.05, 0.1) is 14.2 Å². The number of guanidine groups is 1. The van der Waals surface area contributed by atoms with Crippen molar-refractivity contribution in [1.82, 2.24) is 0 Å². The molecule has 0 saturated heterocycles. The van der Waals surface area contributed by atoms with Crippen molar-refractivity contribution in [2.24, 2.45) is 10.7 Å². The summed E-state index contributed by atoms with van der Waals surface area (Å²) >= 11 is 0. The van der Waals surface area contributed by atoms with E-state index in [1.807, 2.05) is 24.3 Å². The Balaban J connectivity index is 1.85. The van der Waals surface area contributed by atoms with Gasteiger partial charge in [-0.25, -0.2) is 0 Å². The van der Waals surface area contributed by atoms with E-state index in [9.17, 15) is 0 Å². The second-order valence-electron chi connectivity index (χ2n) is 5.98. The predicted molar refractivity (Wildman–Crippen MR) is 104 cm³/mol. The van der Waals surface area contributed by atoms with Crippen LogP contribution in [0.1, 0.15) is 23.1 Å². The van der Waals surface area contributed by atoms with Gasteiger partial charge >= 0.3 is 0 Å². The van der Waals surface area contributed by atoms with Crippen molar-refractivity contribution in [1.29, 1.82) is 0 Å². The van der Waals surface area contributed by atoms with Crippen LogP contribution < -0.4 is 20.5 Å². The molecule has 0 aliphatic carbocycles. The van der Waals surface area contributed by atoms with Gasteiger partial charge in [0.1, 0.15) is 0 Å². The smallest absolute Gasteiger partial charge is 0.193 e. The van der Waals surface area contributed by atoms with Crippen LogP contribution in [0.4, 0.5) is 5.69 Å². The lowest BCUT2D eigenvalue weighted by Crippen LogP contribution is -2.23. The summed E-state index contributed by atoms with van der Waals surface area (Å²) in [5.41, 5.74) is 10.6. The second kappa shape index (κ2) is 8.97. The van der Waals surface area contributed by atoms with E-state index in [-0.39, 0.29) is 0 Å². The summed E-state index contributed by atoms with van der Waals surface area (Å²) in [5.74, 6) is 1.93. The molecule has 2 aromatic carbocycles. The van der Waals surface area contributed by atoms with Crippen molar-refractivity contribution in [3.05, 3.63) is 53.1 Å². The van der Waals surface area contributed by atoms with Gasteiger partial charge in [-0.3, -0.25) is 4.99 Å². The van der Waals surface area contributed by atoms with Crippen molar-refractivity contribution >= 4 is 11.6 Å². The van der Waals surface area contributed by atoms with Gasteiger partial charge < -0.3 is 20.5 Å². The van der Waals surface area contributed by atoms with E-state index in [1.54, 1.807) is 14.2 Å². The molecular weight excluding hydrogens is 314 g/mol. The number of hydrogen-bond acceptors (Lipinski definition) is 3. The molecule has 0 atom stereocenters. The lowest BCUT2D eigenvalue weighted by Gasteiger charge is -2.09. The number of aryl methyl sites for hydroxylation is 3. The molecule has 0 amide bonds. The van der Waals surface area contributed by atoms with Crippen LogP contribution in [0.5, 0.6) is 11.5 Å². The molecule has 0 aliphatic heterocycles. The molecule has 0 radical (unpaired) electrons. The summed E-state index contributed by atoms with van der Waals surface area (Å²) in [5, 5.41) is 3.13. The molecule has 25 heavy (non-hydrogen) atoms. The van der Waals surface area contributed by atoms with Crippen LogP contribution in [0.3, 0.4) is 0 Å². The molecule has 0 heterocycles. The first kappa shape index (κ1) is 18.6.